The Balaban J connectivity index is 2.02. The van der Waals surface area contributed by atoms with Gasteiger partial charge in [-0.25, -0.2) is 0 Å². The van der Waals surface area contributed by atoms with Crippen LogP contribution in [0.4, 0.5) is 5.69 Å². The highest BCUT2D eigenvalue weighted by Gasteiger charge is 2.20. The second-order valence-electron chi connectivity index (χ2n) is 5.42. The van der Waals surface area contributed by atoms with Crippen molar-refractivity contribution in [3.63, 3.8) is 0 Å². The third-order valence-corrected chi connectivity index (χ3v) is 4.04. The monoisotopic (exact) mass is 382 g/mol. The maximum Gasteiger partial charge on any atom is 0.269 e. The molecule has 2 rings (SSSR count). The lowest BCUT2D eigenvalue weighted by Gasteiger charge is -2.19. The molecule has 0 saturated carbocycles. The zero-order chi connectivity index (χ0) is 18.6. The van der Waals surface area contributed by atoms with Crippen LogP contribution in [0.25, 0.3) is 0 Å². The van der Waals surface area contributed by atoms with E-state index in [9.17, 15) is 14.9 Å². The zero-order valence-corrected chi connectivity index (χ0v) is 15.0. The first-order valence-corrected chi connectivity index (χ1v) is 8.20. The lowest BCUT2D eigenvalue weighted by atomic mass is 10.1. The molecule has 2 aromatic rings. The van der Waals surface area contributed by atoms with Crippen molar-refractivity contribution in [3.8, 4) is 5.75 Å². The molecule has 0 aromatic heterocycles. The lowest BCUT2D eigenvalue weighted by molar-refractivity contribution is -0.384. The number of halogens is 2. The quantitative estimate of drug-likeness (QED) is 0.586. The largest absolute Gasteiger partial charge is 0.479 e. The van der Waals surface area contributed by atoms with Crippen LogP contribution in [-0.2, 0) is 4.79 Å². The fraction of sp³-hybridized carbons (Fsp3) is 0.235. The van der Waals surface area contributed by atoms with Gasteiger partial charge in [0.1, 0.15) is 5.75 Å². The fourth-order valence-corrected chi connectivity index (χ4v) is 2.59. The van der Waals surface area contributed by atoms with Gasteiger partial charge in [0.05, 0.1) is 16.0 Å². The normalized spacial score (nSPS) is 13.0. The van der Waals surface area contributed by atoms with E-state index in [0.29, 0.717) is 21.4 Å². The average Bonchev–Trinajstić information content (AvgIpc) is 2.57. The number of nitrogens with zero attached hydrogens (tertiary/aromatic N) is 1. The summed E-state index contributed by atoms with van der Waals surface area (Å²) in [5, 5.41) is 14.4. The van der Waals surface area contributed by atoms with E-state index in [4.69, 9.17) is 27.9 Å². The molecular formula is C17H16Cl2N2O4. The molecule has 0 heterocycles. The Hall–Kier alpha value is -2.31. The van der Waals surface area contributed by atoms with Crippen LogP contribution >= 0.6 is 23.2 Å². The molecule has 2 unspecified atom stereocenters. The minimum absolute atomic E-state index is 0.0316. The van der Waals surface area contributed by atoms with E-state index in [0.717, 1.165) is 0 Å². The van der Waals surface area contributed by atoms with Crippen molar-refractivity contribution < 1.29 is 14.5 Å². The van der Waals surface area contributed by atoms with Crippen molar-refractivity contribution in [3.05, 3.63) is 68.2 Å². The van der Waals surface area contributed by atoms with Crippen LogP contribution in [0.3, 0.4) is 0 Å². The van der Waals surface area contributed by atoms with Gasteiger partial charge in [0.25, 0.3) is 11.6 Å². The topological polar surface area (TPSA) is 81.5 Å². The number of rotatable bonds is 6. The predicted molar refractivity (Wildman–Crippen MR) is 96.2 cm³/mol. The molecular weight excluding hydrogens is 367 g/mol. The van der Waals surface area contributed by atoms with Crippen LogP contribution < -0.4 is 10.1 Å². The molecule has 1 amide bonds. The fourth-order valence-electron chi connectivity index (χ4n) is 2.14. The summed E-state index contributed by atoms with van der Waals surface area (Å²) in [4.78, 5) is 22.7. The molecule has 0 aliphatic rings. The van der Waals surface area contributed by atoms with Gasteiger partial charge >= 0.3 is 0 Å². The molecule has 0 aliphatic heterocycles. The van der Waals surface area contributed by atoms with Gasteiger partial charge in [-0.3, -0.25) is 14.9 Å². The second-order valence-corrected chi connectivity index (χ2v) is 6.26. The van der Waals surface area contributed by atoms with Crippen LogP contribution in [-0.4, -0.2) is 16.9 Å². The minimum atomic E-state index is -0.806. The Morgan fingerprint density at radius 2 is 1.92 bits per heavy atom. The highest BCUT2D eigenvalue weighted by Crippen LogP contribution is 2.28. The number of hydrogen-bond donors (Lipinski definition) is 1. The summed E-state index contributed by atoms with van der Waals surface area (Å²) in [6.45, 7) is 3.32. The van der Waals surface area contributed by atoms with Gasteiger partial charge in [-0.1, -0.05) is 35.3 Å². The number of carbonyl (C=O) groups excluding carboxylic acids is 1. The van der Waals surface area contributed by atoms with Gasteiger partial charge in [0, 0.05) is 17.2 Å². The SMILES string of the molecule is CC(Oc1ccc(Cl)cc1Cl)C(=O)NC(C)c1cccc([N+](=O)[O-])c1. The van der Waals surface area contributed by atoms with Gasteiger partial charge in [-0.2, -0.15) is 0 Å². The third-order valence-electron chi connectivity index (χ3n) is 3.51. The van der Waals surface area contributed by atoms with E-state index in [-0.39, 0.29) is 11.6 Å². The smallest absolute Gasteiger partial charge is 0.269 e. The van der Waals surface area contributed by atoms with Gasteiger partial charge < -0.3 is 10.1 Å². The van der Waals surface area contributed by atoms with E-state index in [1.165, 1.54) is 18.2 Å². The summed E-state index contributed by atoms with van der Waals surface area (Å²) in [5.41, 5.74) is 0.593. The highest BCUT2D eigenvalue weighted by molar-refractivity contribution is 6.35. The second kappa shape index (κ2) is 8.18. The van der Waals surface area contributed by atoms with Gasteiger partial charge in [0.15, 0.2) is 6.10 Å². The first-order valence-electron chi connectivity index (χ1n) is 7.44. The average molecular weight is 383 g/mol. The van der Waals surface area contributed by atoms with E-state index in [1.807, 2.05) is 0 Å². The highest BCUT2D eigenvalue weighted by atomic mass is 35.5. The Kier molecular flexibility index (Phi) is 6.22. The summed E-state index contributed by atoms with van der Waals surface area (Å²) < 4.78 is 5.55. The number of hydrogen-bond acceptors (Lipinski definition) is 4. The number of benzene rings is 2. The molecule has 0 saturated heterocycles. The molecule has 0 radical (unpaired) electrons. The molecule has 0 aliphatic carbocycles. The molecule has 2 atom stereocenters. The standard InChI is InChI=1S/C17H16Cl2N2O4/c1-10(12-4-3-5-14(8-12)21(23)24)20-17(22)11(2)25-16-7-6-13(18)9-15(16)19/h3-11H,1-2H3,(H,20,22). The number of amides is 1. The number of carbonyl (C=O) groups is 1. The minimum Gasteiger partial charge on any atom is -0.479 e. The molecule has 0 spiro atoms. The van der Waals surface area contributed by atoms with Crippen molar-refractivity contribution in [2.24, 2.45) is 0 Å². The predicted octanol–water partition coefficient (Wildman–Crippen LogP) is 4.55. The van der Waals surface area contributed by atoms with E-state index < -0.39 is 17.1 Å². The van der Waals surface area contributed by atoms with Crippen molar-refractivity contribution in [2.45, 2.75) is 26.0 Å². The Morgan fingerprint density at radius 1 is 1.20 bits per heavy atom. The molecule has 8 heteroatoms. The third kappa shape index (κ3) is 5.08. The van der Waals surface area contributed by atoms with Crippen LogP contribution in [0.1, 0.15) is 25.5 Å². The molecule has 0 fully saturated rings. The Bertz CT molecular complexity index is 798. The van der Waals surface area contributed by atoms with E-state index >= 15 is 0 Å². The zero-order valence-electron chi connectivity index (χ0n) is 13.5. The Morgan fingerprint density at radius 3 is 2.56 bits per heavy atom. The maximum absolute atomic E-state index is 12.3. The molecule has 1 N–H and O–H groups in total. The maximum atomic E-state index is 12.3. The number of nitrogens with one attached hydrogen (secondary N) is 1. The summed E-state index contributed by atoms with van der Waals surface area (Å²) in [6.07, 6.45) is -0.806. The summed E-state index contributed by atoms with van der Waals surface area (Å²) in [6, 6.07) is 10.4. The van der Waals surface area contributed by atoms with Crippen LogP contribution in [0.15, 0.2) is 42.5 Å². The van der Waals surface area contributed by atoms with Crippen molar-refractivity contribution in [1.82, 2.24) is 5.32 Å². The van der Waals surface area contributed by atoms with Crippen LogP contribution in [0.5, 0.6) is 5.75 Å². The molecule has 6 nitrogen and oxygen atoms in total. The van der Waals surface area contributed by atoms with Crippen molar-refractivity contribution in [2.75, 3.05) is 0 Å². The van der Waals surface area contributed by atoms with Crippen LogP contribution in [0, 0.1) is 10.1 Å². The number of non-ortho nitro benzene ring substituents is 1. The van der Waals surface area contributed by atoms with E-state index in [2.05, 4.69) is 5.32 Å². The summed E-state index contributed by atoms with van der Waals surface area (Å²) in [7, 11) is 0. The summed E-state index contributed by atoms with van der Waals surface area (Å²) in [5.74, 6) is -0.0262. The first-order chi connectivity index (χ1) is 11.8. The van der Waals surface area contributed by atoms with Crippen LogP contribution in [0.2, 0.25) is 10.0 Å². The van der Waals surface area contributed by atoms with Gasteiger partial charge in [0.2, 0.25) is 0 Å². The van der Waals surface area contributed by atoms with Crippen molar-refractivity contribution >= 4 is 34.8 Å². The van der Waals surface area contributed by atoms with Gasteiger partial charge in [-0.15, -0.1) is 0 Å². The number of nitro groups is 1. The molecule has 25 heavy (non-hydrogen) atoms. The number of ether oxygens (including phenoxy) is 1. The van der Waals surface area contributed by atoms with Crippen molar-refractivity contribution in [1.29, 1.82) is 0 Å². The molecule has 0 bridgehead atoms. The first kappa shape index (κ1) is 19.0. The summed E-state index contributed by atoms with van der Waals surface area (Å²) >= 11 is 11.8. The molecule has 132 valence electrons. The van der Waals surface area contributed by atoms with E-state index in [1.54, 1.807) is 38.1 Å². The Labute approximate surface area is 154 Å². The number of nitro benzene ring substituents is 1. The molecule has 2 aromatic carbocycles. The van der Waals surface area contributed by atoms with Gasteiger partial charge in [-0.05, 0) is 37.6 Å². The lowest BCUT2D eigenvalue weighted by Crippen LogP contribution is -2.37.